The fourth-order valence-corrected chi connectivity index (χ4v) is 6.52. The summed E-state index contributed by atoms with van der Waals surface area (Å²) in [5.41, 5.74) is -1.51. The van der Waals surface area contributed by atoms with Gasteiger partial charge in [0, 0.05) is 9.79 Å². The Kier molecular flexibility index (Phi) is 28.4. The molecule has 28 heteroatoms. The van der Waals surface area contributed by atoms with E-state index in [4.69, 9.17) is 4.74 Å². The molecule has 0 saturated carbocycles. The quantitative estimate of drug-likeness (QED) is 0.0204. The number of ether oxygens (including phenoxy) is 1. The van der Waals surface area contributed by atoms with Crippen molar-refractivity contribution in [2.24, 2.45) is 5.10 Å². The number of carbonyl (C=O) groups is 2. The molecule has 1 aromatic heterocycles. The van der Waals surface area contributed by atoms with Gasteiger partial charge in [0.15, 0.2) is 5.71 Å². The van der Waals surface area contributed by atoms with Gasteiger partial charge < -0.3 is 29.5 Å². The first kappa shape index (κ1) is 58.1. The molecule has 0 spiro atoms. The number of hydrazone groups is 1. The van der Waals surface area contributed by atoms with Gasteiger partial charge in [-0.05, 0) is 61.9 Å². The predicted octanol–water partition coefficient (Wildman–Crippen LogP) is -11.1. The van der Waals surface area contributed by atoms with Gasteiger partial charge in [0.2, 0.25) is 5.88 Å². The number of hydrogen-bond donors (Lipinski definition) is 1. The van der Waals surface area contributed by atoms with Crippen LogP contribution in [0.1, 0.15) is 25.1 Å². The summed E-state index contributed by atoms with van der Waals surface area (Å²) >= 11 is 0.728. The van der Waals surface area contributed by atoms with Gasteiger partial charge >= 0.3 is 212 Å². The number of aryl methyl sites for hydroxylation is 1. The Morgan fingerprint density at radius 3 is 1.89 bits per heavy atom. The van der Waals surface area contributed by atoms with Crippen LogP contribution in [0.4, 0.5) is 5.69 Å². The molecule has 4 rings (SSSR count). The molecule has 0 aliphatic carbocycles. The maximum atomic E-state index is 13.5. The molecular formula is C28H22K4N4O16S4. The molecule has 1 aliphatic heterocycles. The molecule has 0 saturated heterocycles. The predicted molar refractivity (Wildman–Crippen MR) is 171 cm³/mol. The van der Waals surface area contributed by atoms with Crippen LogP contribution in [0.3, 0.4) is 0 Å². The number of anilines is 1. The van der Waals surface area contributed by atoms with Crippen LogP contribution in [0.5, 0.6) is 5.88 Å². The molecule has 0 bridgehead atoms. The van der Waals surface area contributed by atoms with Crippen LogP contribution < -0.4 is 221 Å². The first-order valence-electron chi connectivity index (χ1n) is 14.1. The van der Waals surface area contributed by atoms with Crippen LogP contribution in [0.25, 0.3) is 11.8 Å². The van der Waals surface area contributed by atoms with E-state index in [0.717, 1.165) is 47.2 Å². The van der Waals surface area contributed by atoms with Crippen LogP contribution >= 0.6 is 24.1 Å². The topological polar surface area (TPSA) is 294 Å². The molecule has 3 aromatic rings. The van der Waals surface area contributed by atoms with Crippen molar-refractivity contribution in [3.63, 3.8) is 0 Å². The van der Waals surface area contributed by atoms with Crippen molar-refractivity contribution in [2.45, 2.75) is 39.9 Å². The van der Waals surface area contributed by atoms with Crippen molar-refractivity contribution < 1.29 is 280 Å². The Hall–Kier alpha value is 2.11. The smallest absolute Gasteiger partial charge is 0.744 e. The van der Waals surface area contributed by atoms with E-state index in [9.17, 15) is 51.2 Å². The third-order valence-corrected chi connectivity index (χ3v) is 9.48. The number of allylic oxidation sites excluding steroid dienone is 4. The summed E-state index contributed by atoms with van der Waals surface area (Å²) in [5, 5.41) is 46.7. The van der Waals surface area contributed by atoms with Crippen molar-refractivity contribution in [3.8, 4) is 11.6 Å². The number of carbonyl (C=O) groups excluding carboxylic acids is 2. The SMILES string of the molecule is CCOC(=O)C1=NN(c2cc(SOO[O-])ccc2S(=O)(=O)[O-])C(=O)/C1=C\C=CC=Cc1c(CC)nn(-c2cc(SOO[O-])ccc2S(=O)(=O)[O-])c1O.[K+].[K+].[K+].[K+]. The van der Waals surface area contributed by atoms with Crippen LogP contribution in [0, 0.1) is 0 Å². The largest absolute Gasteiger partial charge is 1.00 e. The van der Waals surface area contributed by atoms with E-state index < -0.39 is 59.2 Å². The third kappa shape index (κ3) is 15.4. The number of benzene rings is 2. The minimum absolute atomic E-state index is 0. The molecule has 0 radical (unpaired) electrons. The molecule has 0 unspecified atom stereocenters. The number of amides is 1. The molecule has 2 aromatic carbocycles. The summed E-state index contributed by atoms with van der Waals surface area (Å²) in [6.07, 6.45) is 6.69. The summed E-state index contributed by atoms with van der Waals surface area (Å²) in [6.45, 7) is 3.04. The van der Waals surface area contributed by atoms with Crippen molar-refractivity contribution in [3.05, 3.63) is 77.5 Å². The Labute approximate surface area is 498 Å². The van der Waals surface area contributed by atoms with Gasteiger partial charge in [0.05, 0.1) is 68.7 Å². The van der Waals surface area contributed by atoms with Gasteiger partial charge in [-0.1, -0.05) is 25.2 Å². The molecule has 2 heterocycles. The Balaban J connectivity index is 0.00000756. The second-order valence-corrected chi connectivity index (χ2v) is 13.9. The Bertz CT molecular complexity index is 2220. The van der Waals surface area contributed by atoms with Crippen molar-refractivity contribution in [1.82, 2.24) is 9.78 Å². The fraction of sp³-hybridized carbons (Fsp3) is 0.143. The summed E-state index contributed by atoms with van der Waals surface area (Å²) in [4.78, 5) is 24.7. The summed E-state index contributed by atoms with van der Waals surface area (Å²) in [7, 11) is -10.3. The molecule has 0 atom stereocenters. The minimum atomic E-state index is -5.20. The second kappa shape index (κ2) is 27.3. The van der Waals surface area contributed by atoms with Crippen molar-refractivity contribution in [1.29, 1.82) is 0 Å². The average Bonchev–Trinajstić information content (AvgIpc) is 3.60. The summed E-state index contributed by atoms with van der Waals surface area (Å²) < 4.78 is 86.1. The van der Waals surface area contributed by atoms with Gasteiger partial charge in [0.25, 0.3) is 5.91 Å². The Morgan fingerprint density at radius 1 is 0.857 bits per heavy atom. The number of aromatic nitrogens is 2. The zero-order valence-electron chi connectivity index (χ0n) is 30.3. The van der Waals surface area contributed by atoms with Gasteiger partial charge in [-0.15, -0.1) is 0 Å². The molecule has 1 amide bonds. The van der Waals surface area contributed by atoms with Crippen molar-refractivity contribution in [2.75, 3.05) is 11.6 Å². The zero-order valence-corrected chi connectivity index (χ0v) is 46.0. The van der Waals surface area contributed by atoms with E-state index in [1.165, 1.54) is 31.2 Å². The number of esters is 1. The van der Waals surface area contributed by atoms with E-state index >= 15 is 0 Å². The molecule has 1 aliphatic rings. The number of nitrogens with zero attached hydrogens (tertiary/aromatic N) is 4. The van der Waals surface area contributed by atoms with Crippen LogP contribution in [-0.4, -0.2) is 65.0 Å². The second-order valence-electron chi connectivity index (χ2n) is 9.67. The minimum Gasteiger partial charge on any atom is -0.744 e. The zero-order chi connectivity index (χ0) is 38.2. The number of rotatable bonds is 16. The maximum absolute atomic E-state index is 13.5. The fourth-order valence-electron chi connectivity index (χ4n) is 4.47. The van der Waals surface area contributed by atoms with E-state index in [1.807, 2.05) is 0 Å². The third-order valence-electron chi connectivity index (χ3n) is 6.57. The average molecular weight is 955 g/mol. The van der Waals surface area contributed by atoms with Gasteiger partial charge in [-0.2, -0.15) is 28.6 Å². The monoisotopic (exact) mass is 954 g/mol. The molecule has 278 valence electrons. The van der Waals surface area contributed by atoms with Crippen LogP contribution in [0.2, 0.25) is 0 Å². The molecule has 0 fully saturated rings. The molecule has 56 heavy (non-hydrogen) atoms. The van der Waals surface area contributed by atoms with Crippen molar-refractivity contribution >= 4 is 73.7 Å². The summed E-state index contributed by atoms with van der Waals surface area (Å²) in [5.74, 6) is -2.69. The molecule has 20 nitrogen and oxygen atoms in total. The molecule has 1 N–H and O–H groups in total. The maximum Gasteiger partial charge on any atom is 1.00 e. The van der Waals surface area contributed by atoms with Gasteiger partial charge in [-0.25, -0.2) is 21.6 Å². The normalized spacial score (nSPS) is 13.6. The van der Waals surface area contributed by atoms with Gasteiger partial charge in [0.1, 0.15) is 20.2 Å². The van der Waals surface area contributed by atoms with E-state index in [2.05, 4.69) is 28.9 Å². The van der Waals surface area contributed by atoms with E-state index in [1.54, 1.807) is 6.92 Å². The summed E-state index contributed by atoms with van der Waals surface area (Å²) in [6, 6.07) is 6.12. The number of aromatic hydroxyl groups is 1. The molecular weight excluding hydrogens is 933 g/mol. The van der Waals surface area contributed by atoms with E-state index in [0.29, 0.717) is 29.1 Å². The van der Waals surface area contributed by atoms with E-state index in [-0.39, 0.29) is 251 Å². The van der Waals surface area contributed by atoms with Crippen LogP contribution in [0.15, 0.2) is 91.0 Å². The standard InChI is InChI=1S/C28H26N4O16S4.4K/c1-3-20-18(26(33)31(29-20)21-14-16(49-47-45-36)10-12-23(21)51(38,39)40)8-6-5-7-9-19-25(28(35)44-4-2)30-32(27(19)34)22-15-17(50-48-46-37)11-13-24(22)52(41,42)43;;;;/h5-15,33,36-37H,3-4H2,1-2H3,(H,38,39,40)(H,41,42,43);;;;/q;4*+1/p-4/b7-5?,8-6?,19-9-;;;;. The van der Waals surface area contributed by atoms with Gasteiger partial charge in [-0.3, -0.25) is 14.9 Å². The number of hydrogen-bond acceptors (Lipinski definition) is 20. The van der Waals surface area contributed by atoms with Crippen LogP contribution in [-0.2, 0) is 59.7 Å². The first-order valence-corrected chi connectivity index (χ1v) is 18.4. The first-order chi connectivity index (χ1) is 24.7. The Morgan fingerprint density at radius 2 is 1.39 bits per heavy atom.